The molecule has 2 aromatic heterocycles. The van der Waals surface area contributed by atoms with Crippen molar-refractivity contribution in [3.63, 3.8) is 0 Å². The van der Waals surface area contributed by atoms with Gasteiger partial charge in [0.25, 0.3) is 5.91 Å². The zero-order valence-electron chi connectivity index (χ0n) is 12.7. The van der Waals surface area contributed by atoms with Crippen LogP contribution in [0.2, 0.25) is 0 Å². The number of pyridine rings is 1. The van der Waals surface area contributed by atoms with E-state index < -0.39 is 5.44 Å². The lowest BCUT2D eigenvalue weighted by Crippen LogP contribution is -2.35. The van der Waals surface area contributed by atoms with Crippen LogP contribution in [-0.4, -0.2) is 27.7 Å². The first-order chi connectivity index (χ1) is 11.7. The Hall–Kier alpha value is -1.81. The summed E-state index contributed by atoms with van der Waals surface area (Å²) < 4.78 is 11.8. The molecule has 0 bridgehead atoms. The van der Waals surface area contributed by atoms with Gasteiger partial charge in [-0.1, -0.05) is 5.16 Å². The summed E-state index contributed by atoms with van der Waals surface area (Å²) in [6.45, 7) is 0.277. The molecule has 1 atom stereocenters. The summed E-state index contributed by atoms with van der Waals surface area (Å²) in [6, 6.07) is 9.30. The first-order valence-electron chi connectivity index (χ1n) is 7.08. The van der Waals surface area contributed by atoms with Crippen LogP contribution in [0.25, 0.3) is 10.9 Å². The van der Waals surface area contributed by atoms with Gasteiger partial charge in [-0.05, 0) is 53.1 Å². The molecule has 8 heteroatoms. The third-order valence-electron chi connectivity index (χ3n) is 3.22. The van der Waals surface area contributed by atoms with E-state index >= 15 is 0 Å². The highest BCUT2D eigenvalue weighted by molar-refractivity contribution is 14.1. The minimum absolute atomic E-state index is 0.222. The van der Waals surface area contributed by atoms with Crippen LogP contribution >= 0.6 is 34.4 Å². The van der Waals surface area contributed by atoms with Gasteiger partial charge in [-0.2, -0.15) is 0 Å². The van der Waals surface area contributed by atoms with Gasteiger partial charge in [-0.3, -0.25) is 9.78 Å². The quantitative estimate of drug-likeness (QED) is 0.455. The highest BCUT2D eigenvalue weighted by atomic mass is 127. The second-order valence-electron chi connectivity index (χ2n) is 4.89. The summed E-state index contributed by atoms with van der Waals surface area (Å²) in [4.78, 5) is 16.6. The van der Waals surface area contributed by atoms with Crippen molar-refractivity contribution in [1.82, 2.24) is 15.5 Å². The van der Waals surface area contributed by atoms with Crippen molar-refractivity contribution in [2.75, 3.05) is 6.26 Å². The fourth-order valence-electron chi connectivity index (χ4n) is 2.08. The van der Waals surface area contributed by atoms with Crippen LogP contribution in [0.4, 0.5) is 0 Å². The lowest BCUT2D eigenvalue weighted by molar-refractivity contribution is -0.124. The van der Waals surface area contributed by atoms with Gasteiger partial charge in [0, 0.05) is 21.2 Å². The van der Waals surface area contributed by atoms with Crippen LogP contribution in [0.5, 0.6) is 5.75 Å². The number of aromatic nitrogens is 2. The monoisotopic (exact) mass is 455 g/mol. The number of ether oxygens (including phenoxy) is 1. The minimum atomic E-state index is -0.652. The van der Waals surface area contributed by atoms with Gasteiger partial charge in [-0.25, -0.2) is 0 Å². The third kappa shape index (κ3) is 4.18. The Balaban J connectivity index is 1.68. The van der Waals surface area contributed by atoms with Crippen LogP contribution in [0, 0.1) is 3.57 Å². The molecule has 0 saturated carbocycles. The second-order valence-corrected chi connectivity index (χ2v) is 7.04. The number of hydrogen-bond acceptors (Lipinski definition) is 6. The molecule has 0 saturated heterocycles. The number of rotatable bonds is 6. The lowest BCUT2D eigenvalue weighted by Gasteiger charge is -2.16. The van der Waals surface area contributed by atoms with Crippen LogP contribution in [0.1, 0.15) is 5.76 Å². The highest BCUT2D eigenvalue weighted by Gasteiger charge is 2.19. The zero-order chi connectivity index (χ0) is 16.9. The molecule has 1 unspecified atom stereocenters. The standard InChI is InChI=1S/C16H14IN3O3S/c1-24-16(15(21)19-9-13-4-5-20-23-13)22-12-2-3-14-10(7-12)6-11(17)8-18-14/h2-8,16H,9H2,1H3,(H,19,21). The molecule has 1 amide bonds. The lowest BCUT2D eigenvalue weighted by atomic mass is 10.2. The average Bonchev–Trinajstić information content (AvgIpc) is 3.10. The molecular formula is C16H14IN3O3S. The SMILES string of the molecule is CSC(Oc1ccc2ncc(I)cc2c1)C(=O)NCc1ccno1. The van der Waals surface area contributed by atoms with Crippen molar-refractivity contribution in [3.05, 3.63) is 52.1 Å². The molecular weight excluding hydrogens is 441 g/mol. The first kappa shape index (κ1) is 17.0. The number of halogens is 1. The number of nitrogens with zero attached hydrogens (tertiary/aromatic N) is 2. The molecule has 0 spiro atoms. The summed E-state index contributed by atoms with van der Waals surface area (Å²) in [5, 5.41) is 7.34. The normalized spacial score (nSPS) is 12.1. The van der Waals surface area contributed by atoms with Gasteiger partial charge in [0.05, 0.1) is 18.3 Å². The summed E-state index contributed by atoms with van der Waals surface area (Å²) in [7, 11) is 0. The van der Waals surface area contributed by atoms with Crippen molar-refractivity contribution in [3.8, 4) is 5.75 Å². The molecule has 1 N–H and O–H groups in total. The topological polar surface area (TPSA) is 77.2 Å². The first-order valence-corrected chi connectivity index (χ1v) is 9.44. The number of hydrogen-bond donors (Lipinski definition) is 1. The van der Waals surface area contributed by atoms with Gasteiger partial charge in [0.2, 0.25) is 5.44 Å². The molecule has 1 aromatic carbocycles. The molecule has 124 valence electrons. The van der Waals surface area contributed by atoms with Crippen molar-refractivity contribution in [1.29, 1.82) is 0 Å². The van der Waals surface area contributed by atoms with Gasteiger partial charge < -0.3 is 14.6 Å². The van der Waals surface area contributed by atoms with E-state index in [0.717, 1.165) is 14.5 Å². The Kier molecular flexibility index (Phi) is 5.56. The van der Waals surface area contributed by atoms with Crippen LogP contribution in [0.3, 0.4) is 0 Å². The maximum atomic E-state index is 12.3. The van der Waals surface area contributed by atoms with E-state index in [1.165, 1.54) is 18.0 Å². The van der Waals surface area contributed by atoms with Crippen LogP contribution in [-0.2, 0) is 11.3 Å². The Morgan fingerprint density at radius 2 is 2.29 bits per heavy atom. The van der Waals surface area contributed by atoms with E-state index in [2.05, 4.69) is 38.0 Å². The number of amides is 1. The summed E-state index contributed by atoms with van der Waals surface area (Å²) in [5.41, 5.74) is 0.236. The molecule has 3 aromatic rings. The summed E-state index contributed by atoms with van der Waals surface area (Å²) >= 11 is 3.53. The van der Waals surface area contributed by atoms with Gasteiger partial charge in [-0.15, -0.1) is 11.8 Å². The molecule has 2 heterocycles. The van der Waals surface area contributed by atoms with Crippen molar-refractivity contribution < 1.29 is 14.1 Å². The number of thioether (sulfide) groups is 1. The largest absolute Gasteiger partial charge is 0.470 e. The van der Waals surface area contributed by atoms with E-state index in [-0.39, 0.29) is 12.5 Å². The Labute approximate surface area is 156 Å². The number of carbonyl (C=O) groups excluding carboxylic acids is 1. The Morgan fingerprint density at radius 1 is 1.42 bits per heavy atom. The summed E-state index contributed by atoms with van der Waals surface area (Å²) in [6.07, 6.45) is 5.17. The van der Waals surface area contributed by atoms with Gasteiger partial charge in [0.1, 0.15) is 5.75 Å². The smallest absolute Gasteiger partial charge is 0.272 e. The van der Waals surface area contributed by atoms with E-state index in [9.17, 15) is 4.79 Å². The van der Waals surface area contributed by atoms with Crippen LogP contribution in [0.15, 0.2) is 47.2 Å². The molecule has 0 fully saturated rings. The fraction of sp³-hybridized carbons (Fsp3) is 0.188. The highest BCUT2D eigenvalue weighted by Crippen LogP contribution is 2.23. The molecule has 0 radical (unpaired) electrons. The fourth-order valence-corrected chi connectivity index (χ4v) is 3.06. The number of fused-ring (bicyclic) bond motifs is 1. The maximum absolute atomic E-state index is 12.3. The van der Waals surface area contributed by atoms with E-state index in [1.807, 2.05) is 36.7 Å². The van der Waals surface area contributed by atoms with E-state index in [1.54, 1.807) is 6.07 Å². The Morgan fingerprint density at radius 3 is 3.04 bits per heavy atom. The maximum Gasteiger partial charge on any atom is 0.272 e. The van der Waals surface area contributed by atoms with Gasteiger partial charge >= 0.3 is 0 Å². The summed E-state index contributed by atoms with van der Waals surface area (Å²) in [5.74, 6) is 0.995. The van der Waals surface area contributed by atoms with Crippen molar-refractivity contribution in [2.24, 2.45) is 0 Å². The molecule has 24 heavy (non-hydrogen) atoms. The molecule has 0 aliphatic heterocycles. The minimum Gasteiger partial charge on any atom is -0.470 e. The molecule has 0 aliphatic carbocycles. The second kappa shape index (κ2) is 7.84. The Bertz CT molecular complexity index is 842. The molecule has 3 rings (SSSR count). The van der Waals surface area contributed by atoms with E-state index in [0.29, 0.717) is 11.5 Å². The van der Waals surface area contributed by atoms with Gasteiger partial charge in [0.15, 0.2) is 5.76 Å². The van der Waals surface area contributed by atoms with E-state index in [4.69, 9.17) is 9.26 Å². The molecule has 6 nitrogen and oxygen atoms in total. The number of benzene rings is 1. The number of carbonyl (C=O) groups is 1. The predicted octanol–water partition coefficient (Wildman–Crippen LogP) is 3.21. The third-order valence-corrected chi connectivity index (χ3v) is 4.55. The van der Waals surface area contributed by atoms with Crippen molar-refractivity contribution >= 4 is 51.2 Å². The number of nitrogens with one attached hydrogen (secondary N) is 1. The predicted molar refractivity (Wildman–Crippen MR) is 101 cm³/mol. The average molecular weight is 455 g/mol. The van der Waals surface area contributed by atoms with Crippen molar-refractivity contribution in [2.45, 2.75) is 12.0 Å². The van der Waals surface area contributed by atoms with Crippen LogP contribution < -0.4 is 10.1 Å². The molecule has 0 aliphatic rings. The zero-order valence-corrected chi connectivity index (χ0v) is 15.7.